The molecule has 0 fully saturated rings. The summed E-state index contributed by atoms with van der Waals surface area (Å²) in [6, 6.07) is 0.939. The zero-order chi connectivity index (χ0) is 13.9. The fourth-order valence-electron chi connectivity index (χ4n) is 1.48. The molecule has 0 unspecified atom stereocenters. The minimum Gasteiger partial charge on any atom is -0.493 e. The summed E-state index contributed by atoms with van der Waals surface area (Å²) in [5.74, 6) is -1.89. The van der Waals surface area contributed by atoms with Gasteiger partial charge >= 0.3 is 5.97 Å². The summed E-state index contributed by atoms with van der Waals surface area (Å²) in [4.78, 5) is 31.9. The van der Waals surface area contributed by atoms with E-state index < -0.39 is 27.7 Å². The molecule has 0 spiro atoms. The highest BCUT2D eigenvalue weighted by atomic mass is 16.6. The van der Waals surface area contributed by atoms with Gasteiger partial charge in [-0.15, -0.1) is 0 Å². The zero-order valence-electron chi connectivity index (χ0n) is 9.50. The third kappa shape index (κ3) is 2.08. The second-order valence-corrected chi connectivity index (χ2v) is 3.10. The summed E-state index contributed by atoms with van der Waals surface area (Å²) in [7, 11) is 2.37. The SMILES string of the molecule is COc1cc([N+](=O)[O-])c(C=O)c(C(=O)O)c1OC. The molecule has 1 N–H and O–H groups in total. The Morgan fingerprint density at radius 1 is 1.44 bits per heavy atom. The summed E-state index contributed by atoms with van der Waals surface area (Å²) >= 11 is 0. The summed E-state index contributed by atoms with van der Waals surface area (Å²) in [5.41, 5.74) is -1.82. The van der Waals surface area contributed by atoms with E-state index in [0.29, 0.717) is 0 Å². The van der Waals surface area contributed by atoms with Gasteiger partial charge in [0.15, 0.2) is 17.8 Å². The number of ether oxygens (including phenoxy) is 2. The number of carboxylic acid groups (broad SMARTS) is 1. The van der Waals surface area contributed by atoms with Crippen LogP contribution in [0.3, 0.4) is 0 Å². The van der Waals surface area contributed by atoms with Gasteiger partial charge in [0, 0.05) is 0 Å². The lowest BCUT2D eigenvalue weighted by Crippen LogP contribution is -2.09. The average molecular weight is 255 g/mol. The van der Waals surface area contributed by atoms with Gasteiger partial charge in [-0.3, -0.25) is 14.9 Å². The Labute approximate surface area is 101 Å². The highest BCUT2D eigenvalue weighted by molar-refractivity contribution is 6.03. The number of nitrogens with zero attached hydrogens (tertiary/aromatic N) is 1. The lowest BCUT2D eigenvalue weighted by Gasteiger charge is -2.12. The Morgan fingerprint density at radius 2 is 2.06 bits per heavy atom. The maximum Gasteiger partial charge on any atom is 0.340 e. The molecule has 0 saturated carbocycles. The fraction of sp³-hybridized carbons (Fsp3) is 0.200. The molecular weight excluding hydrogens is 246 g/mol. The van der Waals surface area contributed by atoms with Crippen LogP contribution in [0, 0.1) is 10.1 Å². The van der Waals surface area contributed by atoms with Gasteiger partial charge in [0.05, 0.1) is 25.2 Å². The van der Waals surface area contributed by atoms with Crippen molar-refractivity contribution < 1.29 is 29.1 Å². The van der Waals surface area contributed by atoms with E-state index in [0.717, 1.165) is 6.07 Å². The van der Waals surface area contributed by atoms with Crippen LogP contribution in [0.25, 0.3) is 0 Å². The first-order valence-electron chi connectivity index (χ1n) is 4.59. The van der Waals surface area contributed by atoms with E-state index in [2.05, 4.69) is 0 Å². The van der Waals surface area contributed by atoms with Crippen molar-refractivity contribution in [2.24, 2.45) is 0 Å². The fourth-order valence-corrected chi connectivity index (χ4v) is 1.48. The average Bonchev–Trinajstić information content (AvgIpc) is 2.35. The summed E-state index contributed by atoms with van der Waals surface area (Å²) < 4.78 is 9.63. The molecule has 8 heteroatoms. The molecule has 0 aliphatic carbocycles. The van der Waals surface area contributed by atoms with Crippen LogP contribution in [-0.2, 0) is 0 Å². The van der Waals surface area contributed by atoms with Crippen molar-refractivity contribution in [1.29, 1.82) is 0 Å². The van der Waals surface area contributed by atoms with Crippen LogP contribution in [0.4, 0.5) is 5.69 Å². The first-order valence-corrected chi connectivity index (χ1v) is 4.59. The quantitative estimate of drug-likeness (QED) is 0.476. The van der Waals surface area contributed by atoms with Crippen molar-refractivity contribution in [3.05, 3.63) is 27.3 Å². The summed E-state index contributed by atoms with van der Waals surface area (Å²) in [6.07, 6.45) is 0.101. The van der Waals surface area contributed by atoms with Gasteiger partial charge < -0.3 is 14.6 Å². The standard InChI is InChI=1S/C10H9NO7/c1-17-7-3-6(11(15)16)5(4-12)8(10(13)14)9(7)18-2/h3-4H,1-2H3,(H,13,14). The van der Waals surface area contributed by atoms with Crippen LogP contribution >= 0.6 is 0 Å². The van der Waals surface area contributed by atoms with Crippen LogP contribution in [0.2, 0.25) is 0 Å². The van der Waals surface area contributed by atoms with E-state index in [1.807, 2.05) is 0 Å². The number of nitro benzene ring substituents is 1. The molecule has 0 heterocycles. The minimum absolute atomic E-state index is 0.101. The number of nitro groups is 1. The number of benzene rings is 1. The van der Waals surface area contributed by atoms with Crippen LogP contribution in [0.5, 0.6) is 11.5 Å². The lowest BCUT2D eigenvalue weighted by molar-refractivity contribution is -0.385. The maximum atomic E-state index is 11.1. The normalized spacial score (nSPS) is 9.67. The Kier molecular flexibility index (Phi) is 3.82. The van der Waals surface area contributed by atoms with E-state index in [9.17, 15) is 19.7 Å². The van der Waals surface area contributed by atoms with Crippen LogP contribution < -0.4 is 9.47 Å². The lowest BCUT2D eigenvalue weighted by atomic mass is 10.0. The monoisotopic (exact) mass is 255 g/mol. The molecule has 1 rings (SSSR count). The van der Waals surface area contributed by atoms with E-state index in [1.165, 1.54) is 14.2 Å². The second-order valence-electron chi connectivity index (χ2n) is 3.10. The number of carboxylic acids is 1. The Balaban J connectivity index is 3.80. The molecule has 0 aliphatic heterocycles. The van der Waals surface area contributed by atoms with Crippen molar-refractivity contribution in [1.82, 2.24) is 0 Å². The Bertz CT molecular complexity index is 523. The first-order chi connectivity index (χ1) is 8.47. The van der Waals surface area contributed by atoms with Crippen molar-refractivity contribution in [3.63, 3.8) is 0 Å². The van der Waals surface area contributed by atoms with Gasteiger partial charge in [0.2, 0.25) is 0 Å². The Hall–Kier alpha value is -2.64. The van der Waals surface area contributed by atoms with Crippen molar-refractivity contribution in [2.75, 3.05) is 14.2 Å². The number of hydrogen-bond donors (Lipinski definition) is 1. The Morgan fingerprint density at radius 3 is 2.39 bits per heavy atom. The summed E-state index contributed by atoms with van der Waals surface area (Å²) in [6.45, 7) is 0. The van der Waals surface area contributed by atoms with Gasteiger partial charge in [-0.25, -0.2) is 4.79 Å². The smallest absolute Gasteiger partial charge is 0.340 e. The third-order valence-corrected chi connectivity index (χ3v) is 2.22. The topological polar surface area (TPSA) is 116 Å². The molecule has 0 amide bonds. The predicted molar refractivity (Wildman–Crippen MR) is 58.5 cm³/mol. The molecule has 0 aliphatic rings. The maximum absolute atomic E-state index is 11.1. The molecule has 0 bridgehead atoms. The van der Waals surface area contributed by atoms with E-state index in [-0.39, 0.29) is 17.8 Å². The third-order valence-electron chi connectivity index (χ3n) is 2.22. The van der Waals surface area contributed by atoms with Gasteiger partial charge in [-0.1, -0.05) is 0 Å². The number of aromatic carboxylic acids is 1. The van der Waals surface area contributed by atoms with E-state index >= 15 is 0 Å². The zero-order valence-corrected chi connectivity index (χ0v) is 9.50. The molecule has 0 radical (unpaired) electrons. The highest BCUT2D eigenvalue weighted by Gasteiger charge is 2.29. The number of aldehydes is 1. The number of carbonyl (C=O) groups is 2. The highest BCUT2D eigenvalue weighted by Crippen LogP contribution is 2.38. The number of rotatable bonds is 5. The molecule has 18 heavy (non-hydrogen) atoms. The molecule has 0 atom stereocenters. The first kappa shape index (κ1) is 13.4. The molecule has 0 saturated heterocycles. The molecule has 1 aromatic carbocycles. The minimum atomic E-state index is -1.52. The number of hydrogen-bond acceptors (Lipinski definition) is 6. The van der Waals surface area contributed by atoms with Gasteiger partial charge in [0.1, 0.15) is 11.1 Å². The largest absolute Gasteiger partial charge is 0.493 e. The predicted octanol–water partition coefficient (Wildman–Crippen LogP) is 1.12. The molecule has 1 aromatic rings. The van der Waals surface area contributed by atoms with E-state index in [1.54, 1.807) is 0 Å². The number of carbonyl (C=O) groups excluding carboxylic acids is 1. The van der Waals surface area contributed by atoms with Crippen LogP contribution in [0.15, 0.2) is 6.07 Å². The van der Waals surface area contributed by atoms with Crippen molar-refractivity contribution in [2.45, 2.75) is 0 Å². The molecule has 0 aromatic heterocycles. The second kappa shape index (κ2) is 5.13. The van der Waals surface area contributed by atoms with E-state index in [4.69, 9.17) is 14.6 Å². The van der Waals surface area contributed by atoms with Crippen molar-refractivity contribution in [3.8, 4) is 11.5 Å². The molecule has 8 nitrogen and oxygen atoms in total. The van der Waals surface area contributed by atoms with Gasteiger partial charge in [-0.2, -0.15) is 0 Å². The van der Waals surface area contributed by atoms with Gasteiger partial charge in [0.25, 0.3) is 5.69 Å². The van der Waals surface area contributed by atoms with Crippen molar-refractivity contribution >= 4 is 17.9 Å². The van der Waals surface area contributed by atoms with Crippen LogP contribution in [0.1, 0.15) is 20.7 Å². The van der Waals surface area contributed by atoms with Crippen LogP contribution in [-0.4, -0.2) is 36.5 Å². The summed E-state index contributed by atoms with van der Waals surface area (Å²) in [5, 5.41) is 19.8. The number of methoxy groups -OCH3 is 2. The molecule has 96 valence electrons. The molecular formula is C10H9NO7. The van der Waals surface area contributed by atoms with Gasteiger partial charge in [-0.05, 0) is 0 Å².